The zero-order valence-electron chi connectivity index (χ0n) is 11.6. The molecule has 2 heterocycles. The van der Waals surface area contributed by atoms with Crippen molar-refractivity contribution in [1.29, 1.82) is 0 Å². The lowest BCUT2D eigenvalue weighted by Crippen LogP contribution is -2.28. The van der Waals surface area contributed by atoms with Crippen molar-refractivity contribution in [1.82, 2.24) is 10.3 Å². The predicted molar refractivity (Wildman–Crippen MR) is 82.0 cm³/mol. The number of aromatic nitrogens is 1. The quantitative estimate of drug-likeness (QED) is 0.786. The van der Waals surface area contributed by atoms with Crippen molar-refractivity contribution in [3.8, 4) is 0 Å². The Kier molecular flexibility index (Phi) is 4.57. The molecule has 0 bridgehead atoms. The number of nitrogens with zero attached hydrogens (tertiary/aromatic N) is 1. The number of pyridine rings is 1. The van der Waals surface area contributed by atoms with Gasteiger partial charge in [-0.2, -0.15) is 0 Å². The molecule has 2 rings (SSSR count). The average Bonchev–Trinajstić information content (AvgIpc) is 2.73. The summed E-state index contributed by atoms with van der Waals surface area (Å²) in [5.74, 6) is 0.0628. The fourth-order valence-electron chi connectivity index (χ4n) is 1.93. The van der Waals surface area contributed by atoms with E-state index < -0.39 is 0 Å². The number of fused-ring (bicyclic) bond motifs is 1. The molecule has 1 atom stereocenters. The molecule has 1 amide bonds. The van der Waals surface area contributed by atoms with Crippen LogP contribution in [0, 0.1) is 12.8 Å². The predicted octanol–water partition coefficient (Wildman–Crippen LogP) is 1.94. The number of aryl methyl sites for hydroxylation is 1. The first-order valence-electron chi connectivity index (χ1n) is 6.57. The third-order valence-corrected chi connectivity index (χ3v) is 4.29. The van der Waals surface area contributed by atoms with Crippen LogP contribution < -0.4 is 11.1 Å². The molecule has 0 saturated carbocycles. The van der Waals surface area contributed by atoms with E-state index in [1.807, 2.05) is 26.0 Å². The lowest BCUT2D eigenvalue weighted by atomic mass is 10.1. The highest BCUT2D eigenvalue weighted by Gasteiger charge is 2.17. The number of hydrogen-bond donors (Lipinski definition) is 3. The normalized spacial score (nSPS) is 12.6. The number of anilines is 1. The summed E-state index contributed by atoms with van der Waals surface area (Å²) in [4.78, 5) is 17.8. The lowest BCUT2D eigenvalue weighted by molar-refractivity contribution is 0.0950. The Hall–Kier alpha value is -1.66. The molecule has 5 nitrogen and oxygen atoms in total. The standard InChI is InChI=1S/C14H19N3O2S/c1-8(5-6-18)7-16-13(19)12-11(15)10-4-3-9(2)17-14(10)20-12/h3-4,8,18H,5-7,15H2,1-2H3,(H,16,19). The summed E-state index contributed by atoms with van der Waals surface area (Å²) in [6, 6.07) is 3.78. The van der Waals surface area contributed by atoms with Crippen LogP contribution in [0.4, 0.5) is 5.69 Å². The van der Waals surface area contributed by atoms with Gasteiger partial charge >= 0.3 is 0 Å². The molecule has 0 aromatic carbocycles. The van der Waals surface area contributed by atoms with E-state index in [0.29, 0.717) is 23.5 Å². The molecule has 0 aliphatic heterocycles. The first kappa shape index (κ1) is 14.7. The van der Waals surface area contributed by atoms with Gasteiger partial charge in [-0.15, -0.1) is 11.3 Å². The van der Waals surface area contributed by atoms with Crippen molar-refractivity contribution in [2.75, 3.05) is 18.9 Å². The fourth-order valence-corrected chi connectivity index (χ4v) is 2.98. The Morgan fingerprint density at radius 3 is 3.00 bits per heavy atom. The van der Waals surface area contributed by atoms with Gasteiger partial charge in [0, 0.05) is 24.2 Å². The molecule has 0 spiro atoms. The molecular formula is C14H19N3O2S. The van der Waals surface area contributed by atoms with E-state index in [1.54, 1.807) is 0 Å². The zero-order valence-corrected chi connectivity index (χ0v) is 12.5. The molecule has 4 N–H and O–H groups in total. The Labute approximate surface area is 121 Å². The first-order valence-corrected chi connectivity index (χ1v) is 7.39. The van der Waals surface area contributed by atoms with E-state index in [1.165, 1.54) is 11.3 Å². The maximum absolute atomic E-state index is 12.2. The summed E-state index contributed by atoms with van der Waals surface area (Å²) < 4.78 is 0. The van der Waals surface area contributed by atoms with Crippen molar-refractivity contribution < 1.29 is 9.90 Å². The molecule has 6 heteroatoms. The van der Waals surface area contributed by atoms with Crippen LogP contribution in [0.3, 0.4) is 0 Å². The molecule has 0 fully saturated rings. The van der Waals surface area contributed by atoms with Gasteiger partial charge in [0.25, 0.3) is 5.91 Å². The van der Waals surface area contributed by atoms with E-state index in [2.05, 4.69) is 10.3 Å². The zero-order chi connectivity index (χ0) is 14.7. The van der Waals surface area contributed by atoms with Crippen molar-refractivity contribution in [3.05, 3.63) is 22.7 Å². The van der Waals surface area contributed by atoms with Crippen molar-refractivity contribution >= 4 is 33.1 Å². The second kappa shape index (κ2) is 6.19. The topological polar surface area (TPSA) is 88.2 Å². The van der Waals surface area contributed by atoms with Gasteiger partial charge in [0.15, 0.2) is 0 Å². The highest BCUT2D eigenvalue weighted by molar-refractivity contribution is 7.21. The van der Waals surface area contributed by atoms with Gasteiger partial charge in [-0.1, -0.05) is 6.92 Å². The minimum Gasteiger partial charge on any atom is -0.397 e. The molecule has 2 aromatic rings. The molecule has 2 aromatic heterocycles. The van der Waals surface area contributed by atoms with Crippen LogP contribution in [0.15, 0.2) is 12.1 Å². The summed E-state index contributed by atoms with van der Waals surface area (Å²) in [5, 5.41) is 12.5. The number of nitrogen functional groups attached to an aromatic ring is 1. The molecule has 0 aliphatic rings. The molecule has 1 unspecified atom stereocenters. The third kappa shape index (κ3) is 3.08. The Bertz CT molecular complexity index is 624. The van der Waals surface area contributed by atoms with E-state index in [0.717, 1.165) is 15.9 Å². The summed E-state index contributed by atoms with van der Waals surface area (Å²) in [6.45, 7) is 4.55. The second-order valence-corrected chi connectivity index (χ2v) is 5.98. The second-order valence-electron chi connectivity index (χ2n) is 4.98. The Balaban J connectivity index is 2.16. The van der Waals surface area contributed by atoms with Gasteiger partial charge in [0.1, 0.15) is 9.71 Å². The number of thiophene rings is 1. The van der Waals surface area contributed by atoms with Gasteiger partial charge in [-0.25, -0.2) is 4.98 Å². The smallest absolute Gasteiger partial charge is 0.263 e. The number of nitrogens with two attached hydrogens (primary N) is 1. The third-order valence-electron chi connectivity index (χ3n) is 3.17. The molecular weight excluding hydrogens is 274 g/mol. The van der Waals surface area contributed by atoms with Crippen LogP contribution in [0.25, 0.3) is 10.2 Å². The highest BCUT2D eigenvalue weighted by atomic mass is 32.1. The molecule has 0 radical (unpaired) electrons. The molecule has 0 saturated heterocycles. The highest BCUT2D eigenvalue weighted by Crippen LogP contribution is 2.32. The number of rotatable bonds is 5. The van der Waals surface area contributed by atoms with Gasteiger partial charge < -0.3 is 16.2 Å². The number of hydrogen-bond acceptors (Lipinski definition) is 5. The van der Waals surface area contributed by atoms with Crippen LogP contribution in [0.5, 0.6) is 0 Å². The van der Waals surface area contributed by atoms with E-state index in [4.69, 9.17) is 10.8 Å². The van der Waals surface area contributed by atoms with E-state index in [-0.39, 0.29) is 18.4 Å². The van der Waals surface area contributed by atoms with E-state index in [9.17, 15) is 4.79 Å². The summed E-state index contributed by atoms with van der Waals surface area (Å²) in [5.41, 5.74) is 7.42. The number of amides is 1. The summed E-state index contributed by atoms with van der Waals surface area (Å²) in [7, 11) is 0. The van der Waals surface area contributed by atoms with Crippen molar-refractivity contribution in [3.63, 3.8) is 0 Å². The number of nitrogens with one attached hydrogen (secondary N) is 1. The number of carbonyl (C=O) groups excluding carboxylic acids is 1. The fraction of sp³-hybridized carbons (Fsp3) is 0.429. The summed E-state index contributed by atoms with van der Waals surface area (Å²) in [6.07, 6.45) is 0.670. The van der Waals surface area contributed by atoms with Crippen LogP contribution in [-0.2, 0) is 0 Å². The lowest BCUT2D eigenvalue weighted by Gasteiger charge is -2.10. The Morgan fingerprint density at radius 2 is 2.30 bits per heavy atom. The van der Waals surface area contributed by atoms with E-state index >= 15 is 0 Å². The van der Waals surface area contributed by atoms with Crippen molar-refractivity contribution in [2.24, 2.45) is 5.92 Å². The van der Waals surface area contributed by atoms with Crippen LogP contribution in [0.1, 0.15) is 28.7 Å². The maximum Gasteiger partial charge on any atom is 0.263 e. The largest absolute Gasteiger partial charge is 0.397 e. The minimum atomic E-state index is -0.173. The molecule has 0 aliphatic carbocycles. The molecule has 108 valence electrons. The van der Waals surface area contributed by atoms with Gasteiger partial charge in [-0.3, -0.25) is 4.79 Å². The average molecular weight is 293 g/mol. The van der Waals surface area contributed by atoms with Crippen LogP contribution in [-0.4, -0.2) is 29.1 Å². The van der Waals surface area contributed by atoms with Crippen molar-refractivity contribution in [2.45, 2.75) is 20.3 Å². The van der Waals surface area contributed by atoms with Gasteiger partial charge in [-0.05, 0) is 31.4 Å². The SMILES string of the molecule is Cc1ccc2c(N)c(C(=O)NCC(C)CCO)sc2n1. The minimum absolute atomic E-state index is 0.130. The van der Waals surface area contributed by atoms with Gasteiger partial charge in [0.2, 0.25) is 0 Å². The van der Waals surface area contributed by atoms with Crippen LogP contribution >= 0.6 is 11.3 Å². The number of aliphatic hydroxyl groups excluding tert-OH is 1. The monoisotopic (exact) mass is 293 g/mol. The Morgan fingerprint density at radius 1 is 1.55 bits per heavy atom. The first-order chi connectivity index (χ1) is 9.52. The number of carbonyl (C=O) groups is 1. The van der Waals surface area contributed by atoms with Gasteiger partial charge in [0.05, 0.1) is 5.69 Å². The maximum atomic E-state index is 12.2. The molecule has 20 heavy (non-hydrogen) atoms. The number of aliphatic hydroxyl groups is 1. The summed E-state index contributed by atoms with van der Waals surface area (Å²) >= 11 is 1.31. The van der Waals surface area contributed by atoms with Crippen LogP contribution in [0.2, 0.25) is 0 Å².